The highest BCUT2D eigenvalue weighted by atomic mass is 16.5. The number of hydrogen-bond donors (Lipinski definition) is 2. The van der Waals surface area contributed by atoms with Gasteiger partial charge in [-0.1, -0.05) is 0 Å². The summed E-state index contributed by atoms with van der Waals surface area (Å²) < 4.78 is 7.64. The predicted octanol–water partition coefficient (Wildman–Crippen LogP) is 2.53. The molecule has 0 bridgehead atoms. The normalized spacial score (nSPS) is 13.3. The van der Waals surface area contributed by atoms with E-state index in [9.17, 15) is 9.59 Å². The van der Waals surface area contributed by atoms with Crippen LogP contribution in [0.3, 0.4) is 0 Å². The minimum atomic E-state index is -0.518. The molecule has 1 saturated heterocycles. The summed E-state index contributed by atoms with van der Waals surface area (Å²) in [6.07, 6.45) is 5.27. The van der Waals surface area contributed by atoms with E-state index in [0.29, 0.717) is 36.1 Å². The highest BCUT2D eigenvalue weighted by Gasteiger charge is 2.26. The van der Waals surface area contributed by atoms with Crippen molar-refractivity contribution in [3.05, 3.63) is 48.5 Å². The summed E-state index contributed by atoms with van der Waals surface area (Å²) in [7, 11) is 1.84. The Balaban J connectivity index is 1.47. The average Bonchev–Trinajstić information content (AvgIpc) is 3.32. The third kappa shape index (κ3) is 4.00. The fourth-order valence-electron chi connectivity index (χ4n) is 2.88. The maximum absolute atomic E-state index is 12.2. The van der Waals surface area contributed by atoms with Gasteiger partial charge < -0.3 is 10.1 Å². The Morgan fingerprint density at radius 1 is 1.31 bits per heavy atom. The van der Waals surface area contributed by atoms with Crippen molar-refractivity contribution in [1.82, 2.24) is 30.0 Å². The van der Waals surface area contributed by atoms with Crippen LogP contribution in [0.5, 0.6) is 11.5 Å². The fraction of sp³-hybridized carbons (Fsp3) is 0.211. The molecule has 29 heavy (non-hydrogen) atoms. The summed E-state index contributed by atoms with van der Waals surface area (Å²) in [5, 5.41) is 9.35. The zero-order valence-corrected chi connectivity index (χ0v) is 15.9. The number of amides is 4. The zero-order chi connectivity index (χ0) is 20.4. The van der Waals surface area contributed by atoms with Gasteiger partial charge in [0.15, 0.2) is 0 Å². The van der Waals surface area contributed by atoms with Crippen LogP contribution >= 0.6 is 0 Å². The maximum atomic E-state index is 12.2. The van der Waals surface area contributed by atoms with Crippen LogP contribution < -0.4 is 15.4 Å². The number of pyridine rings is 2. The van der Waals surface area contributed by atoms with Gasteiger partial charge in [-0.05, 0) is 25.1 Å². The summed E-state index contributed by atoms with van der Waals surface area (Å²) in [5.74, 6) is 1.49. The van der Waals surface area contributed by atoms with E-state index in [-0.39, 0.29) is 0 Å². The van der Waals surface area contributed by atoms with E-state index in [0.717, 1.165) is 16.2 Å². The van der Waals surface area contributed by atoms with Crippen LogP contribution in [-0.4, -0.2) is 49.8 Å². The van der Waals surface area contributed by atoms with Crippen LogP contribution in [0.25, 0.3) is 11.3 Å². The molecule has 4 heterocycles. The molecule has 1 fully saturated rings. The lowest BCUT2D eigenvalue weighted by Crippen LogP contribution is -2.37. The zero-order valence-electron chi connectivity index (χ0n) is 15.9. The second kappa shape index (κ2) is 7.58. The van der Waals surface area contributed by atoms with Gasteiger partial charge in [0.1, 0.15) is 17.3 Å². The summed E-state index contributed by atoms with van der Waals surface area (Å²) in [5.41, 5.74) is 2.22. The molecule has 1 aliphatic rings. The van der Waals surface area contributed by atoms with Gasteiger partial charge in [0.2, 0.25) is 0 Å². The van der Waals surface area contributed by atoms with Gasteiger partial charge in [-0.3, -0.25) is 15.0 Å². The summed E-state index contributed by atoms with van der Waals surface area (Å²) in [6.45, 7) is 2.54. The Kier molecular flexibility index (Phi) is 4.82. The molecule has 0 radical (unpaired) electrons. The van der Waals surface area contributed by atoms with E-state index in [1.54, 1.807) is 42.2 Å². The number of ether oxygens (including phenoxy) is 1. The van der Waals surface area contributed by atoms with Gasteiger partial charge >= 0.3 is 12.1 Å². The lowest BCUT2D eigenvalue weighted by atomic mass is 10.2. The minimum absolute atomic E-state index is 0.326. The molecule has 4 amide bonds. The molecule has 0 spiro atoms. The number of nitrogens with one attached hydrogen (secondary N) is 2. The standard InChI is InChI=1S/C19H19N7O3/c1-12-16(3-4-17(23-12)24-19(28)26-8-7-21-18(26)27)29-14-5-6-20-15(9-14)13-10-22-25(2)11-13/h3-6,9-11H,7-8H2,1-2H3,(H,21,27)(H,23,24,28). The molecule has 3 aromatic rings. The molecule has 0 saturated carbocycles. The van der Waals surface area contributed by atoms with Gasteiger partial charge in [-0.2, -0.15) is 5.10 Å². The average molecular weight is 393 g/mol. The topological polar surface area (TPSA) is 114 Å². The maximum Gasteiger partial charge on any atom is 0.331 e. The smallest absolute Gasteiger partial charge is 0.331 e. The van der Waals surface area contributed by atoms with Gasteiger partial charge in [0, 0.05) is 44.2 Å². The first kappa shape index (κ1) is 18.4. The van der Waals surface area contributed by atoms with Crippen molar-refractivity contribution in [1.29, 1.82) is 0 Å². The van der Waals surface area contributed by atoms with E-state index in [2.05, 4.69) is 25.7 Å². The van der Waals surface area contributed by atoms with Crippen LogP contribution in [0.15, 0.2) is 42.9 Å². The number of imide groups is 1. The number of nitrogens with zero attached hydrogens (tertiary/aromatic N) is 5. The Morgan fingerprint density at radius 2 is 2.17 bits per heavy atom. The van der Waals surface area contributed by atoms with Crippen LogP contribution in [0.2, 0.25) is 0 Å². The highest BCUT2D eigenvalue weighted by molar-refractivity contribution is 6.01. The number of carbonyl (C=O) groups excluding carboxylic acids is 2. The van der Waals surface area contributed by atoms with E-state index >= 15 is 0 Å². The predicted molar refractivity (Wildman–Crippen MR) is 105 cm³/mol. The molecule has 1 aliphatic heterocycles. The fourth-order valence-corrected chi connectivity index (χ4v) is 2.88. The monoisotopic (exact) mass is 393 g/mol. The van der Waals surface area contributed by atoms with Crippen molar-refractivity contribution in [2.75, 3.05) is 18.4 Å². The third-order valence-corrected chi connectivity index (χ3v) is 4.33. The molecule has 10 nitrogen and oxygen atoms in total. The molecule has 3 aromatic heterocycles. The Hall–Kier alpha value is -3.95. The molecule has 10 heteroatoms. The molecule has 4 rings (SSSR count). The lowest BCUT2D eigenvalue weighted by Gasteiger charge is -2.14. The number of carbonyl (C=O) groups is 2. The largest absolute Gasteiger partial charge is 0.455 e. The van der Waals surface area contributed by atoms with Crippen molar-refractivity contribution in [3.8, 4) is 22.8 Å². The second-order valence-corrected chi connectivity index (χ2v) is 6.48. The van der Waals surface area contributed by atoms with Gasteiger partial charge in [0.25, 0.3) is 0 Å². The van der Waals surface area contributed by atoms with Crippen molar-refractivity contribution in [2.24, 2.45) is 7.05 Å². The Morgan fingerprint density at radius 3 is 2.86 bits per heavy atom. The van der Waals surface area contributed by atoms with Crippen molar-refractivity contribution >= 4 is 17.9 Å². The third-order valence-electron chi connectivity index (χ3n) is 4.33. The molecule has 148 valence electrons. The van der Waals surface area contributed by atoms with Crippen LogP contribution in [0.4, 0.5) is 15.4 Å². The number of urea groups is 2. The number of anilines is 1. The first-order valence-corrected chi connectivity index (χ1v) is 8.96. The Labute approximate surface area is 166 Å². The van der Waals surface area contributed by atoms with E-state index in [1.165, 1.54) is 0 Å². The van der Waals surface area contributed by atoms with Crippen LogP contribution in [-0.2, 0) is 7.05 Å². The number of aromatic nitrogens is 4. The van der Waals surface area contributed by atoms with Gasteiger partial charge in [-0.25, -0.2) is 19.5 Å². The van der Waals surface area contributed by atoms with E-state index in [1.807, 2.05) is 19.3 Å². The molecule has 0 atom stereocenters. The van der Waals surface area contributed by atoms with Gasteiger partial charge in [-0.15, -0.1) is 0 Å². The molecule has 0 unspecified atom stereocenters. The number of hydrogen-bond acceptors (Lipinski definition) is 6. The van der Waals surface area contributed by atoms with Crippen molar-refractivity contribution in [3.63, 3.8) is 0 Å². The van der Waals surface area contributed by atoms with Crippen LogP contribution in [0, 0.1) is 6.92 Å². The SMILES string of the molecule is Cc1nc(NC(=O)N2CCNC2=O)ccc1Oc1ccnc(-c2cnn(C)c2)c1. The highest BCUT2D eigenvalue weighted by Crippen LogP contribution is 2.27. The molecule has 0 aromatic carbocycles. The summed E-state index contributed by atoms with van der Waals surface area (Å²) in [4.78, 5) is 33.5. The molecular weight excluding hydrogens is 374 g/mol. The first-order valence-electron chi connectivity index (χ1n) is 8.96. The Bertz CT molecular complexity index is 1080. The lowest BCUT2D eigenvalue weighted by molar-refractivity contribution is 0.207. The number of rotatable bonds is 4. The number of aryl methyl sites for hydroxylation is 2. The van der Waals surface area contributed by atoms with E-state index in [4.69, 9.17) is 4.74 Å². The summed E-state index contributed by atoms with van der Waals surface area (Å²) in [6, 6.07) is 5.97. The van der Waals surface area contributed by atoms with Crippen molar-refractivity contribution < 1.29 is 14.3 Å². The minimum Gasteiger partial charge on any atom is -0.455 e. The van der Waals surface area contributed by atoms with E-state index < -0.39 is 12.1 Å². The quantitative estimate of drug-likeness (QED) is 0.704. The molecular formula is C19H19N7O3. The van der Waals surface area contributed by atoms with Crippen molar-refractivity contribution in [2.45, 2.75) is 6.92 Å². The molecule has 2 N–H and O–H groups in total. The molecule has 0 aliphatic carbocycles. The van der Waals surface area contributed by atoms with Crippen LogP contribution in [0.1, 0.15) is 5.69 Å². The summed E-state index contributed by atoms with van der Waals surface area (Å²) >= 11 is 0. The second-order valence-electron chi connectivity index (χ2n) is 6.48. The van der Waals surface area contributed by atoms with Gasteiger partial charge in [0.05, 0.1) is 17.6 Å². The first-order chi connectivity index (χ1) is 14.0.